The molecule has 2 N–H and O–H groups in total. The van der Waals surface area contributed by atoms with E-state index in [2.05, 4.69) is 10.2 Å². The Morgan fingerprint density at radius 2 is 1.83 bits per heavy atom. The third kappa shape index (κ3) is 3.96. The number of phenolic OH excluding ortho intramolecular Hbond substituents is 1. The molecule has 0 atom stereocenters. The van der Waals surface area contributed by atoms with Gasteiger partial charge >= 0.3 is 0 Å². The number of aromatic nitrogens is 2. The number of aryl methyl sites for hydroxylation is 1. The van der Waals surface area contributed by atoms with E-state index in [9.17, 15) is 9.50 Å². The molecule has 0 unspecified atom stereocenters. The highest BCUT2D eigenvalue weighted by molar-refractivity contribution is 6.30. The largest absolute Gasteiger partial charge is 0.507 e. The highest BCUT2D eigenvalue weighted by Crippen LogP contribution is 2.39. The lowest BCUT2D eigenvalue weighted by Crippen LogP contribution is -1.98. The fourth-order valence-corrected chi connectivity index (χ4v) is 3.30. The summed E-state index contributed by atoms with van der Waals surface area (Å²) in [5.74, 6) is 0.139. The van der Waals surface area contributed by atoms with Gasteiger partial charge in [-0.1, -0.05) is 41.9 Å². The van der Waals surface area contributed by atoms with E-state index < -0.39 is 0 Å². The number of nitrogens with one attached hydrogen (secondary N) is 1. The minimum absolute atomic E-state index is 0.0257. The molecule has 1 aromatic heterocycles. The van der Waals surface area contributed by atoms with Crippen LogP contribution in [0.5, 0.6) is 11.5 Å². The Bertz CT molecular complexity index is 1160. The molecule has 6 heteroatoms. The smallest absolute Gasteiger partial charge is 0.129 e. The van der Waals surface area contributed by atoms with Crippen molar-refractivity contribution >= 4 is 11.6 Å². The molecular weight excluding hydrogens is 391 g/mol. The van der Waals surface area contributed by atoms with Gasteiger partial charge < -0.3 is 9.84 Å². The van der Waals surface area contributed by atoms with Crippen molar-refractivity contribution in [1.82, 2.24) is 10.2 Å². The van der Waals surface area contributed by atoms with Gasteiger partial charge in [0, 0.05) is 33.5 Å². The van der Waals surface area contributed by atoms with Gasteiger partial charge in [-0.25, -0.2) is 4.39 Å². The molecule has 0 fully saturated rings. The summed E-state index contributed by atoms with van der Waals surface area (Å²) in [4.78, 5) is 0. The third-order valence-corrected chi connectivity index (χ3v) is 4.91. The number of hydrogen-bond donors (Lipinski definition) is 2. The van der Waals surface area contributed by atoms with Crippen molar-refractivity contribution in [2.24, 2.45) is 0 Å². The van der Waals surface area contributed by atoms with Gasteiger partial charge in [0.25, 0.3) is 0 Å². The van der Waals surface area contributed by atoms with Crippen molar-refractivity contribution < 1.29 is 14.2 Å². The van der Waals surface area contributed by atoms with Crippen LogP contribution in [0.1, 0.15) is 11.3 Å². The molecule has 1 heterocycles. The van der Waals surface area contributed by atoms with E-state index >= 15 is 0 Å². The fourth-order valence-electron chi connectivity index (χ4n) is 3.17. The lowest BCUT2D eigenvalue weighted by molar-refractivity contribution is 0.298. The molecule has 0 aliphatic carbocycles. The quantitative estimate of drug-likeness (QED) is 0.417. The minimum Gasteiger partial charge on any atom is -0.507 e. The standard InChI is InChI=1S/C23H18ClFN2O2/c1-14-22(15-6-8-17(24)9-7-15)23(27-26-14)19-11-10-18(12-21(19)28)29-13-16-4-2-3-5-20(16)25/h2-12,28H,13H2,1H3,(H,26,27). The van der Waals surface area contributed by atoms with Gasteiger partial charge in [-0.15, -0.1) is 0 Å². The Morgan fingerprint density at radius 1 is 1.07 bits per heavy atom. The number of hydrogen-bond acceptors (Lipinski definition) is 3. The molecule has 0 spiro atoms. The average Bonchev–Trinajstić information content (AvgIpc) is 3.09. The van der Waals surface area contributed by atoms with Crippen LogP contribution in [0.3, 0.4) is 0 Å². The lowest BCUT2D eigenvalue weighted by Gasteiger charge is -2.10. The topological polar surface area (TPSA) is 58.1 Å². The van der Waals surface area contributed by atoms with Crippen molar-refractivity contribution in [3.8, 4) is 33.9 Å². The molecule has 0 saturated heterocycles. The normalized spacial score (nSPS) is 10.9. The Balaban J connectivity index is 1.62. The molecule has 146 valence electrons. The zero-order chi connectivity index (χ0) is 20.4. The summed E-state index contributed by atoms with van der Waals surface area (Å²) in [6.07, 6.45) is 0. The highest BCUT2D eigenvalue weighted by atomic mass is 35.5. The Kier molecular flexibility index (Phi) is 5.23. The number of aromatic hydroxyl groups is 1. The molecule has 4 nitrogen and oxygen atoms in total. The van der Waals surface area contributed by atoms with Gasteiger partial charge in [-0.05, 0) is 42.8 Å². The van der Waals surface area contributed by atoms with Gasteiger partial charge in [0.05, 0.1) is 0 Å². The van der Waals surface area contributed by atoms with Crippen LogP contribution >= 0.6 is 11.6 Å². The summed E-state index contributed by atoms with van der Waals surface area (Å²) in [6, 6.07) is 18.8. The van der Waals surface area contributed by atoms with Crippen LogP contribution in [0, 0.1) is 12.7 Å². The Morgan fingerprint density at radius 3 is 2.55 bits per heavy atom. The molecule has 3 aromatic carbocycles. The second-order valence-electron chi connectivity index (χ2n) is 6.64. The van der Waals surface area contributed by atoms with Crippen LogP contribution < -0.4 is 4.74 Å². The number of halogens is 2. The molecular formula is C23H18ClFN2O2. The van der Waals surface area contributed by atoms with Gasteiger partial charge in [-0.2, -0.15) is 5.10 Å². The van der Waals surface area contributed by atoms with Crippen LogP contribution in [0.2, 0.25) is 5.02 Å². The summed E-state index contributed by atoms with van der Waals surface area (Å²) < 4.78 is 19.4. The van der Waals surface area contributed by atoms with E-state index in [-0.39, 0.29) is 18.2 Å². The predicted molar refractivity (Wildman–Crippen MR) is 112 cm³/mol. The number of aromatic amines is 1. The zero-order valence-corrected chi connectivity index (χ0v) is 16.4. The number of phenols is 1. The maximum absolute atomic E-state index is 13.7. The SMILES string of the molecule is Cc1[nH]nc(-c2ccc(OCc3ccccc3F)cc2O)c1-c1ccc(Cl)cc1. The van der Waals surface area contributed by atoms with E-state index in [1.54, 1.807) is 30.3 Å². The van der Waals surface area contributed by atoms with E-state index in [4.69, 9.17) is 16.3 Å². The first-order valence-electron chi connectivity index (χ1n) is 9.03. The second kappa shape index (κ2) is 7.97. The third-order valence-electron chi connectivity index (χ3n) is 4.66. The Labute approximate surface area is 172 Å². The molecule has 4 rings (SSSR count). The molecule has 4 aromatic rings. The maximum atomic E-state index is 13.7. The predicted octanol–water partition coefficient (Wildman–Crippen LogP) is 6.13. The van der Waals surface area contributed by atoms with Crippen LogP contribution in [0.25, 0.3) is 22.4 Å². The Hall–Kier alpha value is -3.31. The first-order valence-corrected chi connectivity index (χ1v) is 9.41. The molecule has 29 heavy (non-hydrogen) atoms. The monoisotopic (exact) mass is 408 g/mol. The summed E-state index contributed by atoms with van der Waals surface area (Å²) in [7, 11) is 0. The first kappa shape index (κ1) is 19.0. The highest BCUT2D eigenvalue weighted by Gasteiger charge is 2.17. The van der Waals surface area contributed by atoms with Gasteiger partial charge in [0.1, 0.15) is 29.6 Å². The van der Waals surface area contributed by atoms with Crippen molar-refractivity contribution in [3.63, 3.8) is 0 Å². The van der Waals surface area contributed by atoms with Crippen molar-refractivity contribution in [3.05, 3.63) is 88.8 Å². The van der Waals surface area contributed by atoms with E-state index in [1.165, 1.54) is 12.1 Å². The number of benzene rings is 3. The maximum Gasteiger partial charge on any atom is 0.129 e. The van der Waals surface area contributed by atoms with Gasteiger partial charge in [0.2, 0.25) is 0 Å². The minimum atomic E-state index is -0.326. The van der Waals surface area contributed by atoms with E-state index in [1.807, 2.05) is 31.2 Å². The van der Waals surface area contributed by atoms with Gasteiger partial charge in [-0.3, -0.25) is 5.10 Å². The molecule has 0 aliphatic heterocycles. The van der Waals surface area contributed by atoms with Crippen molar-refractivity contribution in [1.29, 1.82) is 0 Å². The summed E-state index contributed by atoms with van der Waals surface area (Å²) in [5.41, 5.74) is 4.35. The van der Waals surface area contributed by atoms with Crippen LogP contribution in [0.4, 0.5) is 4.39 Å². The molecule has 0 radical (unpaired) electrons. The summed E-state index contributed by atoms with van der Waals surface area (Å²) >= 11 is 6.00. The summed E-state index contributed by atoms with van der Waals surface area (Å²) in [6.45, 7) is 1.99. The molecule has 0 aliphatic rings. The van der Waals surface area contributed by atoms with Gasteiger partial charge in [0.15, 0.2) is 0 Å². The summed E-state index contributed by atoms with van der Waals surface area (Å²) in [5, 5.41) is 18.6. The lowest BCUT2D eigenvalue weighted by atomic mass is 9.99. The van der Waals surface area contributed by atoms with Crippen LogP contribution in [-0.4, -0.2) is 15.3 Å². The molecule has 0 saturated carbocycles. The van der Waals surface area contributed by atoms with E-state index in [0.717, 1.165) is 16.8 Å². The molecule has 0 amide bonds. The van der Waals surface area contributed by atoms with Crippen LogP contribution in [0.15, 0.2) is 66.7 Å². The second-order valence-corrected chi connectivity index (χ2v) is 7.07. The average molecular weight is 409 g/mol. The van der Waals surface area contributed by atoms with Crippen molar-refractivity contribution in [2.45, 2.75) is 13.5 Å². The zero-order valence-electron chi connectivity index (χ0n) is 15.6. The number of rotatable bonds is 5. The number of ether oxygens (including phenoxy) is 1. The van der Waals surface area contributed by atoms with Crippen LogP contribution in [-0.2, 0) is 6.61 Å². The van der Waals surface area contributed by atoms with Crippen molar-refractivity contribution in [2.75, 3.05) is 0 Å². The number of H-pyrrole nitrogens is 1. The molecule has 0 bridgehead atoms. The fraction of sp³-hybridized carbons (Fsp3) is 0.0870. The number of nitrogens with zero attached hydrogens (tertiary/aromatic N) is 1. The first-order chi connectivity index (χ1) is 14.0. The van der Waals surface area contributed by atoms with E-state index in [0.29, 0.717) is 27.6 Å².